The number of hydrogen-bond donors (Lipinski definition) is 3. The molecule has 0 spiro atoms. The number of hydrogen-bond acceptors (Lipinski definition) is 9. The zero-order chi connectivity index (χ0) is 33.4. The summed E-state index contributed by atoms with van der Waals surface area (Å²) in [6, 6.07) is 7.69. The van der Waals surface area contributed by atoms with Crippen LogP contribution in [-0.2, 0) is 39.9 Å². The van der Waals surface area contributed by atoms with Gasteiger partial charge >= 0.3 is 30.0 Å². The predicted octanol–water partition coefficient (Wildman–Crippen LogP) is 4.93. The van der Waals surface area contributed by atoms with Gasteiger partial charge in [0.05, 0.1) is 6.54 Å². The molecule has 1 aromatic carbocycles. The van der Waals surface area contributed by atoms with Crippen LogP contribution >= 0.6 is 0 Å². The molecule has 0 aliphatic heterocycles. The average Bonchev–Trinajstić information content (AvgIpc) is 2.89. The fourth-order valence-corrected chi connectivity index (χ4v) is 3.71. The first-order valence-electron chi connectivity index (χ1n) is 15.0. The van der Waals surface area contributed by atoms with Crippen LogP contribution in [0, 0.1) is 0 Å². The number of benzene rings is 1. The molecule has 0 saturated carbocycles. The first-order valence-corrected chi connectivity index (χ1v) is 15.0. The minimum Gasteiger partial charge on any atom is -0.460 e. The highest BCUT2D eigenvalue weighted by molar-refractivity contribution is 5.84. The summed E-state index contributed by atoms with van der Waals surface area (Å²) in [5.41, 5.74) is -1.48. The van der Waals surface area contributed by atoms with E-state index in [1.807, 2.05) is 30.3 Å². The summed E-state index contributed by atoms with van der Waals surface area (Å²) in [5, 5.41) is 7.88. The van der Waals surface area contributed by atoms with Gasteiger partial charge in [0, 0.05) is 19.4 Å². The molecule has 3 amide bonds. The van der Waals surface area contributed by atoms with Crippen LogP contribution in [0.1, 0.15) is 99.5 Å². The standard InChI is InChI=1S/C32H51N3O9/c1-30(2,3)42-26(37)19-18-24(27(38)44-31(4,5)6)35-28(39)33-20-14-10-13-17-25(36)43-32(7,8)22-34-29(40)41-21-23-15-11-9-12-16-23/h9,11-12,15-16,24H,10,13-14,17-22H2,1-8H3,(H,34,40)(H2,33,35,39). The number of unbranched alkanes of at least 4 members (excludes halogenated alkanes) is 2. The molecule has 44 heavy (non-hydrogen) atoms. The van der Waals surface area contributed by atoms with Crippen molar-refractivity contribution in [1.29, 1.82) is 0 Å². The highest BCUT2D eigenvalue weighted by atomic mass is 16.6. The maximum Gasteiger partial charge on any atom is 0.407 e. The summed E-state index contributed by atoms with van der Waals surface area (Å²) in [6.07, 6.45) is 1.32. The fourth-order valence-electron chi connectivity index (χ4n) is 3.71. The van der Waals surface area contributed by atoms with Crippen LogP contribution in [-0.4, -0.2) is 66.0 Å². The number of esters is 3. The van der Waals surface area contributed by atoms with Crippen molar-refractivity contribution in [2.24, 2.45) is 0 Å². The molecule has 1 unspecified atom stereocenters. The fraction of sp³-hybridized carbons (Fsp3) is 0.656. The van der Waals surface area contributed by atoms with Gasteiger partial charge in [-0.3, -0.25) is 9.59 Å². The van der Waals surface area contributed by atoms with Crippen LogP contribution < -0.4 is 16.0 Å². The van der Waals surface area contributed by atoms with E-state index in [0.29, 0.717) is 25.8 Å². The maximum atomic E-state index is 12.6. The third-order valence-corrected chi connectivity index (χ3v) is 5.66. The van der Waals surface area contributed by atoms with Crippen molar-refractivity contribution in [2.75, 3.05) is 13.1 Å². The molecule has 0 aromatic heterocycles. The molecule has 1 aromatic rings. The first-order chi connectivity index (χ1) is 20.3. The minimum atomic E-state index is -1.03. The van der Waals surface area contributed by atoms with Crippen molar-refractivity contribution in [3.05, 3.63) is 35.9 Å². The van der Waals surface area contributed by atoms with Gasteiger partial charge in [0.15, 0.2) is 0 Å². The van der Waals surface area contributed by atoms with E-state index in [2.05, 4.69) is 16.0 Å². The predicted molar refractivity (Wildman–Crippen MR) is 165 cm³/mol. The molecule has 0 bridgehead atoms. The number of alkyl carbamates (subject to hydrolysis) is 1. The van der Waals surface area contributed by atoms with Crippen LogP contribution in [0.3, 0.4) is 0 Å². The van der Waals surface area contributed by atoms with Gasteiger partial charge in [-0.1, -0.05) is 36.8 Å². The zero-order valence-corrected chi connectivity index (χ0v) is 27.5. The van der Waals surface area contributed by atoms with Gasteiger partial charge < -0.3 is 34.9 Å². The van der Waals surface area contributed by atoms with Crippen molar-refractivity contribution < 1.29 is 42.9 Å². The summed E-state index contributed by atoms with van der Waals surface area (Å²) in [5.74, 6) is -1.52. The van der Waals surface area contributed by atoms with Crippen LogP contribution in [0.4, 0.5) is 9.59 Å². The Morgan fingerprint density at radius 1 is 0.727 bits per heavy atom. The van der Waals surface area contributed by atoms with Crippen molar-refractivity contribution in [1.82, 2.24) is 16.0 Å². The Balaban J connectivity index is 2.34. The van der Waals surface area contributed by atoms with E-state index in [1.54, 1.807) is 55.4 Å². The monoisotopic (exact) mass is 621 g/mol. The molecule has 0 heterocycles. The Labute approximate surface area is 261 Å². The molecule has 0 aliphatic carbocycles. The van der Waals surface area contributed by atoms with Gasteiger partial charge in [-0.05, 0) is 80.2 Å². The number of nitrogens with one attached hydrogen (secondary N) is 3. The summed E-state index contributed by atoms with van der Waals surface area (Å²) in [4.78, 5) is 61.5. The number of carbonyl (C=O) groups excluding carboxylic acids is 5. The highest BCUT2D eigenvalue weighted by Crippen LogP contribution is 2.14. The Kier molecular flexibility index (Phi) is 15.7. The third-order valence-electron chi connectivity index (χ3n) is 5.66. The number of urea groups is 1. The molecule has 12 nitrogen and oxygen atoms in total. The van der Waals surface area contributed by atoms with Gasteiger partial charge in [0.1, 0.15) is 29.5 Å². The van der Waals surface area contributed by atoms with Crippen molar-refractivity contribution >= 4 is 30.0 Å². The minimum absolute atomic E-state index is 0.0279. The van der Waals surface area contributed by atoms with Gasteiger partial charge in [-0.15, -0.1) is 0 Å². The van der Waals surface area contributed by atoms with Crippen molar-refractivity contribution in [3.63, 3.8) is 0 Å². The molecule has 12 heteroatoms. The van der Waals surface area contributed by atoms with Crippen LogP contribution in [0.25, 0.3) is 0 Å². The third kappa shape index (κ3) is 19.4. The van der Waals surface area contributed by atoms with Gasteiger partial charge in [0.25, 0.3) is 0 Å². The number of rotatable bonds is 16. The lowest BCUT2D eigenvalue weighted by Crippen LogP contribution is -2.48. The normalized spacial score (nSPS) is 12.4. The molecule has 1 rings (SSSR count). The van der Waals surface area contributed by atoms with E-state index in [0.717, 1.165) is 5.56 Å². The summed E-state index contributed by atoms with van der Waals surface area (Å²) >= 11 is 0. The van der Waals surface area contributed by atoms with E-state index < -0.39 is 52.9 Å². The average molecular weight is 622 g/mol. The summed E-state index contributed by atoms with van der Waals surface area (Å²) in [7, 11) is 0. The maximum absolute atomic E-state index is 12.6. The first kappa shape index (κ1) is 38.2. The molecule has 3 N–H and O–H groups in total. The lowest BCUT2D eigenvalue weighted by Gasteiger charge is -2.25. The second-order valence-corrected chi connectivity index (χ2v) is 13.1. The molecule has 0 radical (unpaired) electrons. The molecule has 1 atom stereocenters. The number of carbonyl (C=O) groups is 5. The molecule has 0 fully saturated rings. The van der Waals surface area contributed by atoms with Gasteiger partial charge in [0.2, 0.25) is 0 Å². The quantitative estimate of drug-likeness (QED) is 0.132. The second-order valence-electron chi connectivity index (χ2n) is 13.1. The Morgan fingerprint density at radius 3 is 1.95 bits per heavy atom. The van der Waals surface area contributed by atoms with Crippen molar-refractivity contribution in [3.8, 4) is 0 Å². The van der Waals surface area contributed by atoms with Crippen molar-refractivity contribution in [2.45, 2.75) is 123 Å². The van der Waals surface area contributed by atoms with E-state index in [1.165, 1.54) is 0 Å². The largest absolute Gasteiger partial charge is 0.460 e. The molecular formula is C32H51N3O9. The van der Waals surface area contributed by atoms with Crippen LogP contribution in [0.15, 0.2) is 30.3 Å². The lowest BCUT2D eigenvalue weighted by atomic mass is 10.1. The van der Waals surface area contributed by atoms with Gasteiger partial charge in [-0.2, -0.15) is 0 Å². The lowest BCUT2D eigenvalue weighted by molar-refractivity contribution is -0.159. The Bertz CT molecular complexity index is 1080. The summed E-state index contributed by atoms with van der Waals surface area (Å²) < 4.78 is 21.4. The zero-order valence-electron chi connectivity index (χ0n) is 27.5. The highest BCUT2D eigenvalue weighted by Gasteiger charge is 2.28. The van der Waals surface area contributed by atoms with Crippen LogP contribution in [0.5, 0.6) is 0 Å². The molecule has 0 aliphatic rings. The summed E-state index contributed by atoms with van der Waals surface area (Å²) in [6.45, 7) is 14.3. The number of amides is 3. The van der Waals surface area contributed by atoms with E-state index in [9.17, 15) is 24.0 Å². The Morgan fingerprint density at radius 2 is 1.34 bits per heavy atom. The van der Waals surface area contributed by atoms with E-state index in [4.69, 9.17) is 18.9 Å². The second kappa shape index (κ2) is 18.1. The molecule has 0 saturated heterocycles. The molecular weight excluding hydrogens is 570 g/mol. The van der Waals surface area contributed by atoms with Gasteiger partial charge in [-0.25, -0.2) is 14.4 Å². The van der Waals surface area contributed by atoms with Crippen LogP contribution in [0.2, 0.25) is 0 Å². The Hall–Kier alpha value is -3.83. The molecule has 248 valence electrons. The van der Waals surface area contributed by atoms with E-state index >= 15 is 0 Å². The topological polar surface area (TPSA) is 158 Å². The number of ether oxygens (including phenoxy) is 4. The SMILES string of the molecule is CC(C)(C)OC(=O)CCC(NC(=O)NCCCCCC(=O)OC(C)(C)CNC(=O)OCc1ccccc1)C(=O)OC(C)(C)C. The van der Waals surface area contributed by atoms with E-state index in [-0.39, 0.29) is 32.4 Å². The smallest absolute Gasteiger partial charge is 0.407 e.